The normalized spacial score (nSPS) is 12.4. The van der Waals surface area contributed by atoms with Gasteiger partial charge in [-0.25, -0.2) is 8.78 Å². The van der Waals surface area contributed by atoms with E-state index < -0.39 is 11.6 Å². The molecule has 2 aromatic rings. The molecule has 0 heterocycles. The third-order valence-electron chi connectivity index (χ3n) is 3.35. The molecule has 0 amide bonds. The maximum absolute atomic E-state index is 13.7. The summed E-state index contributed by atoms with van der Waals surface area (Å²) in [4.78, 5) is 0. The molecule has 0 fully saturated rings. The number of hydrogen-bond donors (Lipinski definition) is 1. The van der Waals surface area contributed by atoms with E-state index in [4.69, 9.17) is 0 Å². The van der Waals surface area contributed by atoms with Gasteiger partial charge in [0.1, 0.15) is 0 Å². The van der Waals surface area contributed by atoms with Crippen molar-refractivity contribution < 1.29 is 13.9 Å². The zero-order valence-electron chi connectivity index (χ0n) is 10.7. The molecule has 0 aliphatic heterocycles. The first-order chi connectivity index (χ1) is 9.13. The van der Waals surface area contributed by atoms with Gasteiger partial charge < -0.3 is 5.11 Å². The van der Waals surface area contributed by atoms with Crippen LogP contribution >= 0.6 is 0 Å². The smallest absolute Gasteiger partial charge is 0.162 e. The second-order valence-electron chi connectivity index (χ2n) is 4.65. The highest BCUT2D eigenvalue weighted by Crippen LogP contribution is 2.25. The van der Waals surface area contributed by atoms with Gasteiger partial charge in [0.2, 0.25) is 0 Å². The van der Waals surface area contributed by atoms with Crippen molar-refractivity contribution in [1.29, 1.82) is 0 Å². The lowest BCUT2D eigenvalue weighted by atomic mass is 9.89. The SMILES string of the molecule is Cc1ccccc1C(CO)Cc1cccc(F)c1F. The van der Waals surface area contributed by atoms with Crippen LogP contribution in [-0.2, 0) is 6.42 Å². The third kappa shape index (κ3) is 2.99. The zero-order chi connectivity index (χ0) is 13.8. The van der Waals surface area contributed by atoms with Gasteiger partial charge in [0.15, 0.2) is 11.6 Å². The number of aryl methyl sites for hydroxylation is 1. The second-order valence-corrected chi connectivity index (χ2v) is 4.65. The summed E-state index contributed by atoms with van der Waals surface area (Å²) in [5.74, 6) is -1.90. The Bertz CT molecular complexity index is 566. The van der Waals surface area contributed by atoms with E-state index in [-0.39, 0.29) is 18.9 Å². The molecule has 0 radical (unpaired) electrons. The van der Waals surface area contributed by atoms with Crippen molar-refractivity contribution in [2.75, 3.05) is 6.61 Å². The van der Waals surface area contributed by atoms with E-state index in [1.165, 1.54) is 6.07 Å². The van der Waals surface area contributed by atoms with Crippen LogP contribution in [0.25, 0.3) is 0 Å². The molecule has 0 spiro atoms. The molecule has 1 nitrogen and oxygen atoms in total. The Balaban J connectivity index is 2.30. The minimum atomic E-state index is -0.848. The minimum absolute atomic E-state index is 0.0964. The molecule has 0 aromatic heterocycles. The molecule has 0 saturated carbocycles. The van der Waals surface area contributed by atoms with Crippen molar-refractivity contribution in [2.45, 2.75) is 19.3 Å². The van der Waals surface area contributed by atoms with Crippen LogP contribution in [0, 0.1) is 18.6 Å². The Hall–Kier alpha value is -1.74. The standard InChI is InChI=1S/C16H16F2O/c1-11-5-2-3-7-14(11)13(10-19)9-12-6-4-8-15(17)16(12)18/h2-8,13,19H,9-10H2,1H3. The van der Waals surface area contributed by atoms with E-state index >= 15 is 0 Å². The Morgan fingerprint density at radius 1 is 1.05 bits per heavy atom. The first-order valence-electron chi connectivity index (χ1n) is 6.22. The number of aliphatic hydroxyl groups is 1. The topological polar surface area (TPSA) is 20.2 Å². The Morgan fingerprint density at radius 3 is 2.47 bits per heavy atom. The van der Waals surface area contributed by atoms with Crippen molar-refractivity contribution in [3.8, 4) is 0 Å². The van der Waals surface area contributed by atoms with Gasteiger partial charge in [-0.15, -0.1) is 0 Å². The summed E-state index contributed by atoms with van der Waals surface area (Å²) >= 11 is 0. The van der Waals surface area contributed by atoms with Crippen molar-refractivity contribution in [1.82, 2.24) is 0 Å². The quantitative estimate of drug-likeness (QED) is 0.892. The third-order valence-corrected chi connectivity index (χ3v) is 3.35. The number of benzene rings is 2. The molecule has 2 aromatic carbocycles. The number of rotatable bonds is 4. The predicted molar refractivity (Wildman–Crippen MR) is 71.1 cm³/mol. The molecule has 1 unspecified atom stereocenters. The maximum Gasteiger partial charge on any atom is 0.162 e. The van der Waals surface area contributed by atoms with Crippen LogP contribution in [-0.4, -0.2) is 11.7 Å². The molecule has 0 bridgehead atoms. The molecule has 0 aliphatic rings. The predicted octanol–water partition coefficient (Wildman–Crippen LogP) is 3.59. The van der Waals surface area contributed by atoms with E-state index in [0.29, 0.717) is 5.56 Å². The van der Waals surface area contributed by atoms with Gasteiger partial charge in [0, 0.05) is 5.92 Å². The van der Waals surface area contributed by atoms with Crippen LogP contribution in [0.1, 0.15) is 22.6 Å². The molecule has 1 N–H and O–H groups in total. The van der Waals surface area contributed by atoms with Gasteiger partial charge in [-0.1, -0.05) is 36.4 Å². The fourth-order valence-corrected chi connectivity index (χ4v) is 2.29. The van der Waals surface area contributed by atoms with Gasteiger partial charge in [-0.3, -0.25) is 0 Å². The van der Waals surface area contributed by atoms with E-state index in [1.54, 1.807) is 6.07 Å². The van der Waals surface area contributed by atoms with E-state index in [0.717, 1.165) is 17.2 Å². The van der Waals surface area contributed by atoms with Crippen LogP contribution in [0.2, 0.25) is 0 Å². The highest BCUT2D eigenvalue weighted by molar-refractivity contribution is 5.31. The van der Waals surface area contributed by atoms with Gasteiger partial charge in [-0.2, -0.15) is 0 Å². The second kappa shape index (κ2) is 5.93. The zero-order valence-corrected chi connectivity index (χ0v) is 10.7. The van der Waals surface area contributed by atoms with Crippen molar-refractivity contribution in [3.05, 3.63) is 70.8 Å². The van der Waals surface area contributed by atoms with Crippen molar-refractivity contribution in [3.63, 3.8) is 0 Å². The van der Waals surface area contributed by atoms with Gasteiger partial charge in [0.05, 0.1) is 6.61 Å². The summed E-state index contributed by atoms with van der Waals surface area (Å²) in [6.07, 6.45) is 0.283. The number of aliphatic hydroxyl groups excluding tert-OH is 1. The molecule has 0 aliphatic carbocycles. The highest BCUT2D eigenvalue weighted by Gasteiger charge is 2.17. The number of halogens is 2. The molecule has 3 heteroatoms. The van der Waals surface area contributed by atoms with E-state index in [2.05, 4.69) is 0 Å². The van der Waals surface area contributed by atoms with Crippen LogP contribution in [0.4, 0.5) is 8.78 Å². The Morgan fingerprint density at radius 2 is 1.79 bits per heavy atom. The van der Waals surface area contributed by atoms with Crippen LogP contribution < -0.4 is 0 Å². The van der Waals surface area contributed by atoms with Crippen molar-refractivity contribution >= 4 is 0 Å². The maximum atomic E-state index is 13.7. The molecule has 2 rings (SSSR count). The lowest BCUT2D eigenvalue weighted by Gasteiger charge is -2.17. The fourth-order valence-electron chi connectivity index (χ4n) is 2.29. The van der Waals surface area contributed by atoms with Gasteiger partial charge in [0.25, 0.3) is 0 Å². The molecule has 1 atom stereocenters. The Labute approximate surface area is 111 Å². The number of hydrogen-bond acceptors (Lipinski definition) is 1. The summed E-state index contributed by atoms with van der Waals surface area (Å²) < 4.78 is 26.8. The summed E-state index contributed by atoms with van der Waals surface area (Å²) in [5, 5.41) is 9.51. The first kappa shape index (κ1) is 13.7. The summed E-state index contributed by atoms with van der Waals surface area (Å²) in [6.45, 7) is 1.85. The average Bonchev–Trinajstić information content (AvgIpc) is 2.41. The van der Waals surface area contributed by atoms with Crippen LogP contribution in [0.5, 0.6) is 0 Å². The summed E-state index contributed by atoms with van der Waals surface area (Å²) in [5.41, 5.74) is 2.30. The van der Waals surface area contributed by atoms with Gasteiger partial charge in [-0.05, 0) is 36.1 Å². The molecular weight excluding hydrogens is 246 g/mol. The van der Waals surface area contributed by atoms with E-state index in [9.17, 15) is 13.9 Å². The van der Waals surface area contributed by atoms with E-state index in [1.807, 2.05) is 31.2 Å². The van der Waals surface area contributed by atoms with Crippen molar-refractivity contribution in [2.24, 2.45) is 0 Å². The molecule has 19 heavy (non-hydrogen) atoms. The summed E-state index contributed by atoms with van der Waals surface area (Å²) in [7, 11) is 0. The Kier molecular flexibility index (Phi) is 4.27. The lowest BCUT2D eigenvalue weighted by Crippen LogP contribution is -2.11. The molecule has 100 valence electrons. The van der Waals surface area contributed by atoms with Gasteiger partial charge >= 0.3 is 0 Å². The largest absolute Gasteiger partial charge is 0.396 e. The van der Waals surface area contributed by atoms with Crippen LogP contribution in [0.3, 0.4) is 0 Å². The highest BCUT2D eigenvalue weighted by atomic mass is 19.2. The lowest BCUT2D eigenvalue weighted by molar-refractivity contribution is 0.263. The summed E-state index contributed by atoms with van der Waals surface area (Å²) in [6, 6.07) is 11.8. The average molecular weight is 262 g/mol. The monoisotopic (exact) mass is 262 g/mol. The first-order valence-corrected chi connectivity index (χ1v) is 6.22. The fraction of sp³-hybridized carbons (Fsp3) is 0.250. The molecule has 0 saturated heterocycles. The van der Waals surface area contributed by atoms with Crippen LogP contribution in [0.15, 0.2) is 42.5 Å². The minimum Gasteiger partial charge on any atom is -0.396 e. The molecular formula is C16H16F2O.